The van der Waals surface area contributed by atoms with Crippen LogP contribution in [0.3, 0.4) is 0 Å². The predicted octanol–water partition coefficient (Wildman–Crippen LogP) is 2.31. The van der Waals surface area contributed by atoms with Crippen molar-refractivity contribution in [1.82, 2.24) is 9.80 Å². The average molecular weight is 317 g/mol. The molecular formula is C19H31N3O. The van der Waals surface area contributed by atoms with Crippen molar-refractivity contribution in [2.75, 3.05) is 26.2 Å². The van der Waals surface area contributed by atoms with E-state index >= 15 is 0 Å². The molecule has 0 spiro atoms. The molecule has 1 aromatic carbocycles. The van der Waals surface area contributed by atoms with Crippen LogP contribution in [0, 0.1) is 5.92 Å². The van der Waals surface area contributed by atoms with E-state index in [1.807, 2.05) is 11.0 Å². The van der Waals surface area contributed by atoms with Gasteiger partial charge in [0.2, 0.25) is 5.91 Å². The molecule has 2 atom stereocenters. The number of nitrogens with zero attached hydrogens (tertiary/aromatic N) is 2. The lowest BCUT2D eigenvalue weighted by Crippen LogP contribution is -2.46. The fourth-order valence-corrected chi connectivity index (χ4v) is 3.85. The number of nitrogens with two attached hydrogens (primary N) is 1. The first-order valence-electron chi connectivity index (χ1n) is 8.72. The van der Waals surface area contributed by atoms with Gasteiger partial charge in [-0.05, 0) is 45.7 Å². The summed E-state index contributed by atoms with van der Waals surface area (Å²) in [6.07, 6.45) is 0. The van der Waals surface area contributed by atoms with Gasteiger partial charge < -0.3 is 10.6 Å². The van der Waals surface area contributed by atoms with E-state index in [1.165, 1.54) is 5.56 Å². The number of benzene rings is 1. The van der Waals surface area contributed by atoms with E-state index in [0.29, 0.717) is 24.9 Å². The van der Waals surface area contributed by atoms with Gasteiger partial charge in [0.05, 0.1) is 6.54 Å². The van der Waals surface area contributed by atoms with Gasteiger partial charge in [-0.2, -0.15) is 0 Å². The van der Waals surface area contributed by atoms with E-state index in [2.05, 4.69) is 56.9 Å². The smallest absolute Gasteiger partial charge is 0.237 e. The highest BCUT2D eigenvalue weighted by Gasteiger charge is 2.34. The van der Waals surface area contributed by atoms with Crippen molar-refractivity contribution in [1.29, 1.82) is 0 Å². The summed E-state index contributed by atoms with van der Waals surface area (Å²) in [5, 5.41) is 0. The molecule has 1 aromatic rings. The third-order valence-corrected chi connectivity index (χ3v) is 4.81. The van der Waals surface area contributed by atoms with Gasteiger partial charge in [0.15, 0.2) is 0 Å². The zero-order valence-corrected chi connectivity index (χ0v) is 14.9. The van der Waals surface area contributed by atoms with Crippen LogP contribution >= 0.6 is 0 Å². The Morgan fingerprint density at radius 1 is 1.17 bits per heavy atom. The molecule has 4 nitrogen and oxygen atoms in total. The standard InChI is InChI=1S/C19H31N3O/c1-14(2)22(15(3)4)19(23)13-21-11-17(10-20)18(12-21)16-8-6-5-7-9-16/h5-9,14-15,17-18H,10-13,20H2,1-4H3/t17-,18+/m1/s1. The molecule has 2 rings (SSSR count). The summed E-state index contributed by atoms with van der Waals surface area (Å²) in [7, 11) is 0. The van der Waals surface area contributed by atoms with Crippen molar-refractivity contribution in [2.45, 2.75) is 45.7 Å². The molecular weight excluding hydrogens is 286 g/mol. The summed E-state index contributed by atoms with van der Waals surface area (Å²) in [5.74, 6) is 1.08. The Balaban J connectivity index is 2.04. The van der Waals surface area contributed by atoms with Gasteiger partial charge >= 0.3 is 0 Å². The fraction of sp³-hybridized carbons (Fsp3) is 0.632. The fourth-order valence-electron chi connectivity index (χ4n) is 3.85. The van der Waals surface area contributed by atoms with Crippen LogP contribution in [-0.4, -0.2) is 54.0 Å². The molecule has 0 aromatic heterocycles. The summed E-state index contributed by atoms with van der Waals surface area (Å²) < 4.78 is 0. The van der Waals surface area contributed by atoms with E-state index in [4.69, 9.17) is 5.73 Å². The molecule has 2 N–H and O–H groups in total. The summed E-state index contributed by atoms with van der Waals surface area (Å²) in [4.78, 5) is 16.9. The minimum absolute atomic E-state index is 0.222. The molecule has 0 radical (unpaired) electrons. The van der Waals surface area contributed by atoms with Gasteiger partial charge in [-0.25, -0.2) is 0 Å². The van der Waals surface area contributed by atoms with E-state index in [0.717, 1.165) is 13.1 Å². The largest absolute Gasteiger partial charge is 0.337 e. The van der Waals surface area contributed by atoms with Crippen LogP contribution in [0.1, 0.15) is 39.2 Å². The zero-order chi connectivity index (χ0) is 17.0. The molecule has 0 saturated carbocycles. The van der Waals surface area contributed by atoms with Crippen molar-refractivity contribution in [3.05, 3.63) is 35.9 Å². The van der Waals surface area contributed by atoms with E-state index in [9.17, 15) is 4.79 Å². The van der Waals surface area contributed by atoms with Gasteiger partial charge in [0.1, 0.15) is 0 Å². The van der Waals surface area contributed by atoms with E-state index < -0.39 is 0 Å². The number of carbonyl (C=O) groups is 1. The highest BCUT2D eigenvalue weighted by Crippen LogP contribution is 2.31. The maximum atomic E-state index is 12.7. The van der Waals surface area contributed by atoms with Crippen molar-refractivity contribution in [3.63, 3.8) is 0 Å². The van der Waals surface area contributed by atoms with Crippen LogP contribution in [0.2, 0.25) is 0 Å². The molecule has 128 valence electrons. The van der Waals surface area contributed by atoms with E-state index in [-0.39, 0.29) is 18.0 Å². The Morgan fingerprint density at radius 3 is 2.30 bits per heavy atom. The SMILES string of the molecule is CC(C)N(C(=O)CN1C[C@@H](CN)[C@H](c2ccccc2)C1)C(C)C. The topological polar surface area (TPSA) is 49.6 Å². The third kappa shape index (κ3) is 4.33. The van der Waals surface area contributed by atoms with Crippen molar-refractivity contribution < 1.29 is 4.79 Å². The monoisotopic (exact) mass is 317 g/mol. The lowest BCUT2D eigenvalue weighted by molar-refractivity contribution is -0.135. The second kappa shape index (κ2) is 7.93. The number of carbonyl (C=O) groups excluding carboxylic acids is 1. The molecule has 1 aliphatic rings. The van der Waals surface area contributed by atoms with Crippen molar-refractivity contribution in [3.8, 4) is 0 Å². The van der Waals surface area contributed by atoms with Crippen LogP contribution in [0.15, 0.2) is 30.3 Å². The van der Waals surface area contributed by atoms with Crippen LogP contribution in [0.5, 0.6) is 0 Å². The Bertz CT molecular complexity index is 493. The molecule has 1 heterocycles. The summed E-state index contributed by atoms with van der Waals surface area (Å²) >= 11 is 0. The first-order chi connectivity index (χ1) is 10.9. The Labute approximate surface area is 140 Å². The van der Waals surface area contributed by atoms with Crippen LogP contribution < -0.4 is 5.73 Å². The third-order valence-electron chi connectivity index (χ3n) is 4.81. The van der Waals surface area contributed by atoms with Crippen molar-refractivity contribution in [2.24, 2.45) is 11.7 Å². The molecule has 1 amide bonds. The lowest BCUT2D eigenvalue weighted by atomic mass is 9.89. The molecule has 4 heteroatoms. The van der Waals surface area contributed by atoms with E-state index in [1.54, 1.807) is 0 Å². The lowest BCUT2D eigenvalue weighted by Gasteiger charge is -2.32. The Kier molecular flexibility index (Phi) is 6.19. The van der Waals surface area contributed by atoms with Gasteiger partial charge in [0, 0.05) is 31.1 Å². The average Bonchev–Trinajstić information content (AvgIpc) is 2.90. The van der Waals surface area contributed by atoms with Gasteiger partial charge in [-0.3, -0.25) is 9.69 Å². The second-order valence-corrected chi connectivity index (χ2v) is 7.20. The normalized spacial score (nSPS) is 22.0. The maximum absolute atomic E-state index is 12.7. The van der Waals surface area contributed by atoms with Gasteiger partial charge in [-0.1, -0.05) is 30.3 Å². The summed E-state index contributed by atoms with van der Waals surface area (Å²) in [6.45, 7) is 11.3. The van der Waals surface area contributed by atoms with Crippen LogP contribution in [-0.2, 0) is 4.79 Å². The minimum Gasteiger partial charge on any atom is -0.337 e. The Hall–Kier alpha value is -1.39. The van der Waals surface area contributed by atoms with Gasteiger partial charge in [0.25, 0.3) is 0 Å². The quantitative estimate of drug-likeness (QED) is 0.876. The first-order valence-corrected chi connectivity index (χ1v) is 8.72. The molecule has 0 aliphatic carbocycles. The number of amides is 1. The minimum atomic E-state index is 0.222. The summed E-state index contributed by atoms with van der Waals surface area (Å²) in [6, 6.07) is 11.0. The maximum Gasteiger partial charge on any atom is 0.237 e. The highest BCUT2D eigenvalue weighted by atomic mass is 16.2. The van der Waals surface area contributed by atoms with Crippen LogP contribution in [0.4, 0.5) is 0 Å². The zero-order valence-electron chi connectivity index (χ0n) is 14.9. The van der Waals surface area contributed by atoms with Gasteiger partial charge in [-0.15, -0.1) is 0 Å². The second-order valence-electron chi connectivity index (χ2n) is 7.20. The number of likely N-dealkylation sites (tertiary alicyclic amines) is 1. The van der Waals surface area contributed by atoms with Crippen molar-refractivity contribution >= 4 is 5.91 Å². The first kappa shape index (κ1) is 18.0. The highest BCUT2D eigenvalue weighted by molar-refractivity contribution is 5.79. The molecule has 1 saturated heterocycles. The molecule has 1 fully saturated rings. The molecule has 1 aliphatic heterocycles. The summed E-state index contributed by atoms with van der Waals surface area (Å²) in [5.41, 5.74) is 7.32. The molecule has 0 unspecified atom stereocenters. The number of hydrogen-bond acceptors (Lipinski definition) is 3. The van der Waals surface area contributed by atoms with Crippen LogP contribution in [0.25, 0.3) is 0 Å². The predicted molar refractivity (Wildman–Crippen MR) is 95.3 cm³/mol. The number of rotatable bonds is 6. The number of hydrogen-bond donors (Lipinski definition) is 1. The Morgan fingerprint density at radius 2 is 1.78 bits per heavy atom. The molecule has 0 bridgehead atoms. The molecule has 23 heavy (non-hydrogen) atoms.